The first-order chi connectivity index (χ1) is 9.79. The van der Waals surface area contributed by atoms with Crippen molar-refractivity contribution in [1.29, 1.82) is 0 Å². The molecule has 2 rings (SSSR count). The molecule has 1 atom stereocenters. The number of rotatable bonds is 3. The molecule has 0 aromatic heterocycles. The largest absolute Gasteiger partial charge is 0.388 e. The van der Waals surface area contributed by atoms with Crippen LogP contribution in [-0.4, -0.2) is 39.1 Å². The number of carbonyl (C=O) groups excluding carboxylic acids is 1. The molecule has 21 heavy (non-hydrogen) atoms. The van der Waals surface area contributed by atoms with Crippen molar-refractivity contribution in [3.05, 3.63) is 34.4 Å². The summed E-state index contributed by atoms with van der Waals surface area (Å²) in [6.45, 7) is 3.92. The Morgan fingerprint density at radius 3 is 2.86 bits per heavy atom. The van der Waals surface area contributed by atoms with E-state index in [1.807, 2.05) is 0 Å². The molecule has 1 saturated heterocycles. The van der Waals surface area contributed by atoms with Gasteiger partial charge in [-0.3, -0.25) is 10.1 Å². The number of hydrogen-bond acceptors (Lipinski definition) is 4. The van der Waals surface area contributed by atoms with Gasteiger partial charge in [0.1, 0.15) is 0 Å². The topological polar surface area (TPSA) is 95.7 Å². The lowest BCUT2D eigenvalue weighted by Gasteiger charge is -2.33. The summed E-state index contributed by atoms with van der Waals surface area (Å²) in [6.07, 6.45) is 1.57. The quantitative estimate of drug-likeness (QED) is 0.660. The predicted octanol–water partition coefficient (Wildman–Crippen LogP) is 2.36. The van der Waals surface area contributed by atoms with E-state index in [2.05, 4.69) is 5.32 Å². The van der Waals surface area contributed by atoms with Crippen molar-refractivity contribution >= 4 is 17.4 Å². The van der Waals surface area contributed by atoms with Gasteiger partial charge in [-0.05, 0) is 32.8 Å². The number of nitrogens with one attached hydrogen (secondary N) is 1. The Bertz CT molecular complexity index is 553. The molecule has 1 unspecified atom stereocenters. The van der Waals surface area contributed by atoms with Gasteiger partial charge in [0.05, 0.1) is 16.6 Å². The predicted molar refractivity (Wildman–Crippen MR) is 78.1 cm³/mol. The average Bonchev–Trinajstić information content (AvgIpc) is 2.88. The summed E-state index contributed by atoms with van der Waals surface area (Å²) in [5, 5.41) is 23.5. The minimum Gasteiger partial charge on any atom is -0.388 e. The van der Waals surface area contributed by atoms with Crippen LogP contribution in [0.15, 0.2) is 24.3 Å². The third-order valence-electron chi connectivity index (χ3n) is 3.64. The standard InChI is InChI=1S/C14H19N3O4/c1-14(2,19)12-7-4-8-16(12)13(18)15-10-5-3-6-11(9-10)17(20)21/h3,5-6,9,12,19H,4,7-8H2,1-2H3,(H,15,18). The van der Waals surface area contributed by atoms with E-state index in [9.17, 15) is 20.0 Å². The molecule has 1 aliphatic rings. The summed E-state index contributed by atoms with van der Waals surface area (Å²) in [7, 11) is 0. The molecule has 7 nitrogen and oxygen atoms in total. The van der Waals surface area contributed by atoms with Gasteiger partial charge in [0.2, 0.25) is 0 Å². The van der Waals surface area contributed by atoms with E-state index >= 15 is 0 Å². The molecule has 1 aromatic carbocycles. The lowest BCUT2D eigenvalue weighted by Crippen LogP contribution is -2.49. The van der Waals surface area contributed by atoms with Crippen molar-refractivity contribution in [2.75, 3.05) is 11.9 Å². The van der Waals surface area contributed by atoms with Crippen LogP contribution in [0.5, 0.6) is 0 Å². The molecule has 1 aliphatic heterocycles. The van der Waals surface area contributed by atoms with Crippen LogP contribution in [0, 0.1) is 10.1 Å². The summed E-state index contributed by atoms with van der Waals surface area (Å²) >= 11 is 0. The monoisotopic (exact) mass is 293 g/mol. The second kappa shape index (κ2) is 5.69. The van der Waals surface area contributed by atoms with Gasteiger partial charge in [-0.25, -0.2) is 4.79 Å². The molecule has 7 heteroatoms. The van der Waals surface area contributed by atoms with Gasteiger partial charge < -0.3 is 15.3 Å². The molecule has 1 aromatic rings. The molecule has 0 bridgehead atoms. The Morgan fingerprint density at radius 1 is 1.52 bits per heavy atom. The van der Waals surface area contributed by atoms with E-state index in [0.717, 1.165) is 12.8 Å². The van der Waals surface area contributed by atoms with E-state index in [-0.39, 0.29) is 17.8 Å². The Labute approximate surface area is 122 Å². The Morgan fingerprint density at radius 2 is 2.24 bits per heavy atom. The van der Waals surface area contributed by atoms with Crippen LogP contribution in [0.25, 0.3) is 0 Å². The zero-order chi connectivity index (χ0) is 15.6. The summed E-state index contributed by atoms with van der Waals surface area (Å²) < 4.78 is 0. The second-order valence-corrected chi connectivity index (χ2v) is 5.74. The molecule has 1 fully saturated rings. The summed E-state index contributed by atoms with van der Waals surface area (Å²) in [4.78, 5) is 24.1. The van der Waals surface area contributed by atoms with Crippen molar-refractivity contribution in [2.24, 2.45) is 0 Å². The molecular formula is C14H19N3O4. The van der Waals surface area contributed by atoms with Gasteiger partial charge >= 0.3 is 6.03 Å². The van der Waals surface area contributed by atoms with E-state index in [0.29, 0.717) is 12.2 Å². The first kappa shape index (κ1) is 15.2. The van der Waals surface area contributed by atoms with Crippen LogP contribution < -0.4 is 5.32 Å². The molecule has 1 heterocycles. The number of amides is 2. The molecular weight excluding hydrogens is 274 g/mol. The zero-order valence-corrected chi connectivity index (χ0v) is 12.1. The van der Waals surface area contributed by atoms with Crippen molar-refractivity contribution < 1.29 is 14.8 Å². The van der Waals surface area contributed by atoms with Crippen LogP contribution >= 0.6 is 0 Å². The number of nitro benzene ring substituents is 1. The maximum absolute atomic E-state index is 12.3. The highest BCUT2D eigenvalue weighted by Crippen LogP contribution is 2.27. The fourth-order valence-corrected chi connectivity index (χ4v) is 2.64. The highest BCUT2D eigenvalue weighted by molar-refractivity contribution is 5.90. The average molecular weight is 293 g/mol. The van der Waals surface area contributed by atoms with E-state index in [1.54, 1.807) is 24.8 Å². The smallest absolute Gasteiger partial charge is 0.322 e. The first-order valence-electron chi connectivity index (χ1n) is 6.83. The number of anilines is 1. The first-order valence-corrected chi connectivity index (χ1v) is 6.83. The number of benzene rings is 1. The summed E-state index contributed by atoms with van der Waals surface area (Å²) in [5.74, 6) is 0. The van der Waals surface area contributed by atoms with Crippen LogP contribution in [0.2, 0.25) is 0 Å². The number of nitro groups is 1. The van der Waals surface area contributed by atoms with Crippen LogP contribution in [0.1, 0.15) is 26.7 Å². The van der Waals surface area contributed by atoms with Gasteiger partial charge in [0, 0.05) is 24.4 Å². The molecule has 0 radical (unpaired) electrons. The maximum Gasteiger partial charge on any atom is 0.322 e. The number of carbonyl (C=O) groups is 1. The number of aliphatic hydroxyl groups is 1. The number of hydrogen-bond donors (Lipinski definition) is 2. The van der Waals surface area contributed by atoms with Crippen LogP contribution in [0.3, 0.4) is 0 Å². The third-order valence-corrected chi connectivity index (χ3v) is 3.64. The van der Waals surface area contributed by atoms with Crippen molar-refractivity contribution in [2.45, 2.75) is 38.3 Å². The lowest BCUT2D eigenvalue weighted by molar-refractivity contribution is -0.384. The molecule has 0 aliphatic carbocycles. The maximum atomic E-state index is 12.3. The number of urea groups is 1. The molecule has 2 amide bonds. The van der Waals surface area contributed by atoms with Gasteiger partial charge in [-0.2, -0.15) is 0 Å². The Balaban J connectivity index is 2.11. The summed E-state index contributed by atoms with van der Waals surface area (Å²) in [5.41, 5.74) is -0.680. The zero-order valence-electron chi connectivity index (χ0n) is 12.1. The highest BCUT2D eigenvalue weighted by Gasteiger charge is 2.38. The van der Waals surface area contributed by atoms with Gasteiger partial charge in [-0.1, -0.05) is 6.07 Å². The van der Waals surface area contributed by atoms with Crippen LogP contribution in [-0.2, 0) is 0 Å². The molecule has 0 spiro atoms. The van der Waals surface area contributed by atoms with Crippen molar-refractivity contribution in [3.8, 4) is 0 Å². The molecule has 2 N–H and O–H groups in total. The van der Waals surface area contributed by atoms with E-state index < -0.39 is 10.5 Å². The fraction of sp³-hybridized carbons (Fsp3) is 0.500. The normalized spacial score (nSPS) is 18.6. The van der Waals surface area contributed by atoms with Gasteiger partial charge in [0.15, 0.2) is 0 Å². The Kier molecular flexibility index (Phi) is 4.13. The third kappa shape index (κ3) is 3.49. The van der Waals surface area contributed by atoms with Gasteiger partial charge in [0.25, 0.3) is 5.69 Å². The molecule has 114 valence electrons. The number of likely N-dealkylation sites (tertiary alicyclic amines) is 1. The SMILES string of the molecule is CC(C)(O)C1CCCN1C(=O)Nc1cccc([N+](=O)[O-])c1. The van der Waals surface area contributed by atoms with Crippen LogP contribution in [0.4, 0.5) is 16.2 Å². The number of nitrogens with zero attached hydrogens (tertiary/aromatic N) is 2. The fourth-order valence-electron chi connectivity index (χ4n) is 2.64. The minimum atomic E-state index is -0.976. The Hall–Kier alpha value is -2.15. The van der Waals surface area contributed by atoms with E-state index in [4.69, 9.17) is 0 Å². The second-order valence-electron chi connectivity index (χ2n) is 5.74. The summed E-state index contributed by atoms with van der Waals surface area (Å²) in [6, 6.07) is 5.19. The lowest BCUT2D eigenvalue weighted by atomic mass is 9.97. The number of non-ortho nitro benzene ring substituents is 1. The minimum absolute atomic E-state index is 0.0757. The molecule has 0 saturated carbocycles. The van der Waals surface area contributed by atoms with E-state index in [1.165, 1.54) is 18.2 Å². The van der Waals surface area contributed by atoms with Crippen molar-refractivity contribution in [1.82, 2.24) is 4.90 Å². The highest BCUT2D eigenvalue weighted by atomic mass is 16.6. The van der Waals surface area contributed by atoms with Gasteiger partial charge in [-0.15, -0.1) is 0 Å². The van der Waals surface area contributed by atoms with Crippen molar-refractivity contribution in [3.63, 3.8) is 0 Å².